The molecule has 1 amide bonds. The molecule has 4 rings (SSSR count). The lowest BCUT2D eigenvalue weighted by molar-refractivity contribution is -0.139. The number of hydrogen-bond donors (Lipinski definition) is 2. The molecule has 0 spiro atoms. The van der Waals surface area contributed by atoms with Crippen molar-refractivity contribution in [3.8, 4) is 0 Å². The summed E-state index contributed by atoms with van der Waals surface area (Å²) in [7, 11) is 0. The van der Waals surface area contributed by atoms with E-state index in [-0.39, 0.29) is 11.6 Å². The normalized spacial score (nSPS) is 17.0. The van der Waals surface area contributed by atoms with E-state index in [1.165, 1.54) is 17.7 Å². The van der Waals surface area contributed by atoms with E-state index >= 15 is 0 Å². The second kappa shape index (κ2) is 11.2. The molecule has 1 heterocycles. The van der Waals surface area contributed by atoms with Crippen LogP contribution in [0.2, 0.25) is 0 Å². The number of aromatic nitrogens is 1. The van der Waals surface area contributed by atoms with Gasteiger partial charge in [0.15, 0.2) is 0 Å². The molecule has 0 radical (unpaired) electrons. The number of hydrogen-bond acceptors (Lipinski definition) is 2. The quantitative estimate of drug-likeness (QED) is 0.293. The SMILES string of the molecule is CCCCn1c(CCCc2ccccc2)ccc1C(=O)Nc1cc([C@H]2C[C@H]2C(=O)O)ccc1C(F)(F)F. The predicted molar refractivity (Wildman–Crippen MR) is 136 cm³/mol. The molecule has 2 aromatic carbocycles. The molecule has 196 valence electrons. The van der Waals surface area contributed by atoms with Crippen molar-refractivity contribution >= 4 is 17.6 Å². The number of aliphatic carboxylic acids is 1. The molecule has 1 aromatic heterocycles. The lowest BCUT2D eigenvalue weighted by Gasteiger charge is -2.17. The summed E-state index contributed by atoms with van der Waals surface area (Å²) in [5.41, 5.74) is 1.70. The zero-order chi connectivity index (χ0) is 26.6. The summed E-state index contributed by atoms with van der Waals surface area (Å²) in [6.45, 7) is 2.64. The number of carbonyl (C=O) groups is 2. The first-order chi connectivity index (χ1) is 17.7. The van der Waals surface area contributed by atoms with E-state index in [4.69, 9.17) is 0 Å². The lowest BCUT2D eigenvalue weighted by atomic mass is 10.0. The molecule has 0 unspecified atom stereocenters. The Kier molecular flexibility index (Phi) is 8.05. The number of carboxylic acids is 1. The Morgan fingerprint density at radius 1 is 1.03 bits per heavy atom. The van der Waals surface area contributed by atoms with Crippen LogP contribution in [0.5, 0.6) is 0 Å². The summed E-state index contributed by atoms with van der Waals surface area (Å²) in [5.74, 6) is -2.53. The van der Waals surface area contributed by atoms with Crippen molar-refractivity contribution in [2.75, 3.05) is 5.32 Å². The average Bonchev–Trinajstić information content (AvgIpc) is 3.57. The molecular weight excluding hydrogens is 481 g/mol. The van der Waals surface area contributed by atoms with E-state index in [1.54, 1.807) is 6.07 Å². The monoisotopic (exact) mass is 512 g/mol. The van der Waals surface area contributed by atoms with Crippen molar-refractivity contribution in [3.63, 3.8) is 0 Å². The van der Waals surface area contributed by atoms with Gasteiger partial charge < -0.3 is 15.0 Å². The molecule has 3 aromatic rings. The molecule has 5 nitrogen and oxygen atoms in total. The summed E-state index contributed by atoms with van der Waals surface area (Å²) < 4.78 is 43.1. The zero-order valence-corrected chi connectivity index (χ0v) is 20.7. The van der Waals surface area contributed by atoms with Gasteiger partial charge in [0.25, 0.3) is 5.91 Å². The van der Waals surface area contributed by atoms with Crippen molar-refractivity contribution < 1.29 is 27.9 Å². The van der Waals surface area contributed by atoms with Gasteiger partial charge in [-0.1, -0.05) is 49.7 Å². The number of carboxylic acid groups (broad SMARTS) is 1. The fraction of sp³-hybridized carbons (Fsp3) is 0.379. The van der Waals surface area contributed by atoms with Crippen molar-refractivity contribution in [3.05, 3.63) is 88.7 Å². The molecule has 1 fully saturated rings. The van der Waals surface area contributed by atoms with E-state index < -0.39 is 29.5 Å². The Morgan fingerprint density at radius 2 is 1.78 bits per heavy atom. The zero-order valence-electron chi connectivity index (χ0n) is 20.7. The van der Waals surface area contributed by atoms with Gasteiger partial charge in [-0.2, -0.15) is 13.2 Å². The van der Waals surface area contributed by atoms with Crippen LogP contribution in [0.15, 0.2) is 60.7 Å². The molecule has 0 saturated heterocycles. The van der Waals surface area contributed by atoms with Gasteiger partial charge in [-0.3, -0.25) is 9.59 Å². The summed E-state index contributed by atoms with van der Waals surface area (Å²) in [4.78, 5) is 24.5. The number of nitrogens with zero attached hydrogens (tertiary/aromatic N) is 1. The van der Waals surface area contributed by atoms with Gasteiger partial charge in [0.1, 0.15) is 5.69 Å². The largest absolute Gasteiger partial charge is 0.481 e. The lowest BCUT2D eigenvalue weighted by Crippen LogP contribution is -2.21. The number of amides is 1. The van der Waals surface area contributed by atoms with E-state index in [0.29, 0.717) is 24.2 Å². The maximum Gasteiger partial charge on any atom is 0.418 e. The summed E-state index contributed by atoms with van der Waals surface area (Å²) in [6, 6.07) is 17.2. The van der Waals surface area contributed by atoms with Gasteiger partial charge >= 0.3 is 12.1 Å². The average molecular weight is 513 g/mol. The van der Waals surface area contributed by atoms with E-state index in [9.17, 15) is 27.9 Å². The van der Waals surface area contributed by atoms with Crippen molar-refractivity contribution in [1.82, 2.24) is 4.57 Å². The minimum atomic E-state index is -4.66. The molecular formula is C29H31F3N2O3. The molecule has 1 aliphatic rings. The first kappa shape index (κ1) is 26.5. The van der Waals surface area contributed by atoms with E-state index in [1.807, 2.05) is 35.8 Å². The number of carbonyl (C=O) groups excluding carboxylic acids is 1. The van der Waals surface area contributed by atoms with Gasteiger partial charge in [-0.25, -0.2) is 0 Å². The van der Waals surface area contributed by atoms with E-state index in [0.717, 1.165) is 43.9 Å². The summed E-state index contributed by atoms with van der Waals surface area (Å²) >= 11 is 0. The van der Waals surface area contributed by atoms with Crippen LogP contribution >= 0.6 is 0 Å². The number of anilines is 1. The molecule has 2 atom stereocenters. The highest BCUT2D eigenvalue weighted by Crippen LogP contribution is 2.49. The molecule has 37 heavy (non-hydrogen) atoms. The predicted octanol–water partition coefficient (Wildman–Crippen LogP) is 6.92. The highest BCUT2D eigenvalue weighted by atomic mass is 19.4. The summed E-state index contributed by atoms with van der Waals surface area (Å²) in [6.07, 6.45) is -0.0239. The maximum atomic E-state index is 13.7. The number of benzene rings is 2. The van der Waals surface area contributed by atoms with Gasteiger partial charge in [0.2, 0.25) is 0 Å². The Balaban J connectivity index is 1.55. The Hall–Kier alpha value is -3.55. The molecule has 0 bridgehead atoms. The van der Waals surface area contributed by atoms with Crippen LogP contribution in [-0.4, -0.2) is 21.6 Å². The molecule has 0 aliphatic heterocycles. The number of aryl methyl sites for hydroxylation is 2. The van der Waals surface area contributed by atoms with Crippen LogP contribution in [0.25, 0.3) is 0 Å². The number of alkyl halides is 3. The summed E-state index contributed by atoms with van der Waals surface area (Å²) in [5, 5.41) is 11.7. The number of unbranched alkanes of at least 4 members (excludes halogenated alkanes) is 1. The minimum Gasteiger partial charge on any atom is -0.481 e. The van der Waals surface area contributed by atoms with Crippen molar-refractivity contribution in [2.24, 2.45) is 5.92 Å². The van der Waals surface area contributed by atoms with Crippen LogP contribution < -0.4 is 5.32 Å². The van der Waals surface area contributed by atoms with Crippen LogP contribution in [-0.2, 0) is 30.4 Å². The second-order valence-corrected chi connectivity index (χ2v) is 9.60. The standard InChI is InChI=1S/C29H31F3N2O3/c1-2-3-16-34-21(11-7-10-19-8-5-4-6-9-19)13-15-26(34)27(35)33-25-17-20(22-18-23(22)28(36)37)12-14-24(25)29(30,31)32/h4-6,8-9,12-15,17,22-23H,2-3,7,10-11,16,18H2,1H3,(H,33,35)(H,36,37)/t22-,23-/m1/s1. The first-order valence-corrected chi connectivity index (χ1v) is 12.7. The van der Waals surface area contributed by atoms with Crippen LogP contribution in [0.1, 0.15) is 71.4 Å². The maximum absolute atomic E-state index is 13.7. The van der Waals surface area contributed by atoms with Crippen LogP contribution in [0.4, 0.5) is 18.9 Å². The fourth-order valence-electron chi connectivity index (χ4n) is 4.79. The Labute approximate surface area is 214 Å². The van der Waals surface area contributed by atoms with Crippen LogP contribution in [0, 0.1) is 5.92 Å². The third kappa shape index (κ3) is 6.42. The van der Waals surface area contributed by atoms with Crippen molar-refractivity contribution in [2.45, 2.75) is 64.1 Å². The van der Waals surface area contributed by atoms with Gasteiger partial charge in [-0.05, 0) is 73.4 Å². The Morgan fingerprint density at radius 3 is 2.43 bits per heavy atom. The molecule has 2 N–H and O–H groups in total. The second-order valence-electron chi connectivity index (χ2n) is 9.60. The number of nitrogens with one attached hydrogen (secondary N) is 1. The molecule has 1 saturated carbocycles. The highest BCUT2D eigenvalue weighted by Gasteiger charge is 2.45. The third-order valence-electron chi connectivity index (χ3n) is 6.91. The van der Waals surface area contributed by atoms with Crippen LogP contribution in [0.3, 0.4) is 0 Å². The molecule has 1 aliphatic carbocycles. The third-order valence-corrected chi connectivity index (χ3v) is 6.91. The first-order valence-electron chi connectivity index (χ1n) is 12.7. The van der Waals surface area contributed by atoms with Crippen molar-refractivity contribution in [1.29, 1.82) is 0 Å². The fourth-order valence-corrected chi connectivity index (χ4v) is 4.79. The van der Waals surface area contributed by atoms with Gasteiger partial charge in [0.05, 0.1) is 17.2 Å². The van der Waals surface area contributed by atoms with Gasteiger partial charge in [-0.15, -0.1) is 0 Å². The number of halogens is 3. The van der Waals surface area contributed by atoms with E-state index in [2.05, 4.69) is 17.4 Å². The smallest absolute Gasteiger partial charge is 0.418 e. The van der Waals surface area contributed by atoms with Gasteiger partial charge in [0, 0.05) is 12.2 Å². The topological polar surface area (TPSA) is 71.3 Å². The Bertz CT molecular complexity index is 1250. The molecule has 8 heteroatoms. The highest BCUT2D eigenvalue weighted by molar-refractivity contribution is 6.04. The number of rotatable bonds is 11. The minimum absolute atomic E-state index is 0.316.